The van der Waals surface area contributed by atoms with E-state index in [0.717, 1.165) is 18.2 Å². The van der Waals surface area contributed by atoms with Crippen LogP contribution in [0, 0.1) is 12.8 Å². The Balaban J connectivity index is 2.11. The molecule has 0 aromatic carbocycles. The van der Waals surface area contributed by atoms with Gasteiger partial charge in [-0.15, -0.1) is 11.3 Å². The minimum absolute atomic E-state index is 0.510. The van der Waals surface area contributed by atoms with Crippen molar-refractivity contribution in [1.82, 2.24) is 10.3 Å². The quantitative estimate of drug-likeness (QED) is 0.849. The summed E-state index contributed by atoms with van der Waals surface area (Å²) in [5, 5.41) is 7.06. The molecule has 1 saturated carbocycles. The summed E-state index contributed by atoms with van der Waals surface area (Å²) in [4.78, 5) is 4.63. The van der Waals surface area contributed by atoms with E-state index in [1.165, 1.54) is 30.7 Å². The van der Waals surface area contributed by atoms with Crippen LogP contribution in [0.1, 0.15) is 49.4 Å². The molecule has 1 aliphatic rings. The zero-order valence-corrected chi connectivity index (χ0v) is 10.4. The van der Waals surface area contributed by atoms with Gasteiger partial charge in [0.05, 0.1) is 6.04 Å². The van der Waals surface area contributed by atoms with Crippen molar-refractivity contribution in [1.29, 1.82) is 0 Å². The maximum atomic E-state index is 4.63. The number of nitrogens with zero attached hydrogens (tertiary/aromatic N) is 1. The van der Waals surface area contributed by atoms with Gasteiger partial charge >= 0.3 is 0 Å². The molecule has 1 unspecified atom stereocenters. The van der Waals surface area contributed by atoms with Gasteiger partial charge in [0.15, 0.2) is 0 Å². The Morgan fingerprint density at radius 1 is 1.53 bits per heavy atom. The highest BCUT2D eigenvalue weighted by Crippen LogP contribution is 2.36. The van der Waals surface area contributed by atoms with Crippen LogP contribution in [0.4, 0.5) is 0 Å². The van der Waals surface area contributed by atoms with Gasteiger partial charge in [-0.25, -0.2) is 4.98 Å². The molecule has 1 N–H and O–H groups in total. The summed E-state index contributed by atoms with van der Waals surface area (Å²) in [7, 11) is 0. The number of thiazole rings is 1. The molecule has 1 aromatic heterocycles. The molecule has 1 fully saturated rings. The smallest absolute Gasteiger partial charge is 0.110 e. The monoisotopic (exact) mass is 224 g/mol. The number of nitrogens with one attached hydrogen (secondary N) is 1. The molecule has 84 valence electrons. The predicted octanol–water partition coefficient (Wildman–Crippen LogP) is 3.29. The average molecular weight is 224 g/mol. The first kappa shape index (κ1) is 11.1. The summed E-state index contributed by atoms with van der Waals surface area (Å²) in [5.41, 5.74) is 1.16. The molecular weight excluding hydrogens is 204 g/mol. The Labute approximate surface area is 96.1 Å². The van der Waals surface area contributed by atoms with E-state index in [-0.39, 0.29) is 0 Å². The summed E-state index contributed by atoms with van der Waals surface area (Å²) in [6.07, 6.45) is 5.54. The minimum atomic E-state index is 0.510. The average Bonchev–Trinajstić information content (AvgIpc) is 2.85. The fraction of sp³-hybridized carbons (Fsp3) is 0.750. The standard InChI is InChI=1S/C12H20N2S/c1-3-13-11(10-6-4-5-7-10)12-14-9(2)8-15-12/h8,10-11,13H,3-7H2,1-2H3. The van der Waals surface area contributed by atoms with Gasteiger partial charge in [-0.05, 0) is 32.2 Å². The fourth-order valence-electron chi connectivity index (χ4n) is 2.48. The second-order valence-corrected chi connectivity index (χ2v) is 5.30. The third kappa shape index (κ3) is 2.58. The maximum absolute atomic E-state index is 4.63. The van der Waals surface area contributed by atoms with E-state index in [2.05, 4.69) is 29.5 Å². The van der Waals surface area contributed by atoms with E-state index >= 15 is 0 Å². The highest BCUT2D eigenvalue weighted by molar-refractivity contribution is 7.09. The van der Waals surface area contributed by atoms with Crippen LogP contribution >= 0.6 is 11.3 Å². The summed E-state index contributed by atoms with van der Waals surface area (Å²) >= 11 is 1.81. The SMILES string of the molecule is CCNC(c1nc(C)cs1)C1CCCC1. The lowest BCUT2D eigenvalue weighted by Gasteiger charge is -2.21. The number of hydrogen-bond acceptors (Lipinski definition) is 3. The Hall–Kier alpha value is -0.410. The lowest BCUT2D eigenvalue weighted by atomic mass is 9.98. The summed E-state index contributed by atoms with van der Waals surface area (Å²) in [6.45, 7) is 5.31. The largest absolute Gasteiger partial charge is 0.308 e. The lowest BCUT2D eigenvalue weighted by Crippen LogP contribution is -2.26. The van der Waals surface area contributed by atoms with Gasteiger partial charge in [-0.1, -0.05) is 19.8 Å². The lowest BCUT2D eigenvalue weighted by molar-refractivity contribution is 0.373. The van der Waals surface area contributed by atoms with Crippen LogP contribution in [0.2, 0.25) is 0 Å². The predicted molar refractivity (Wildman–Crippen MR) is 65.2 cm³/mol. The minimum Gasteiger partial charge on any atom is -0.308 e. The van der Waals surface area contributed by atoms with Crippen LogP contribution < -0.4 is 5.32 Å². The molecule has 15 heavy (non-hydrogen) atoms. The molecule has 0 bridgehead atoms. The first-order valence-corrected chi connectivity index (χ1v) is 6.84. The number of aryl methyl sites for hydroxylation is 1. The second kappa shape index (κ2) is 5.08. The molecule has 1 aromatic rings. The van der Waals surface area contributed by atoms with Crippen molar-refractivity contribution in [3.8, 4) is 0 Å². The third-order valence-electron chi connectivity index (χ3n) is 3.20. The number of rotatable bonds is 4. The van der Waals surface area contributed by atoms with Crippen LogP contribution in [0.3, 0.4) is 0 Å². The van der Waals surface area contributed by atoms with Crippen LogP contribution in [0.25, 0.3) is 0 Å². The van der Waals surface area contributed by atoms with E-state index in [1.807, 2.05) is 11.3 Å². The molecular formula is C12H20N2S. The van der Waals surface area contributed by atoms with E-state index in [9.17, 15) is 0 Å². The molecule has 1 aliphatic carbocycles. The zero-order chi connectivity index (χ0) is 10.7. The third-order valence-corrected chi connectivity index (χ3v) is 4.24. The van der Waals surface area contributed by atoms with Crippen molar-refractivity contribution in [2.75, 3.05) is 6.54 Å². The summed E-state index contributed by atoms with van der Waals surface area (Å²) < 4.78 is 0. The fourth-order valence-corrected chi connectivity index (χ4v) is 3.44. The highest BCUT2D eigenvalue weighted by atomic mass is 32.1. The van der Waals surface area contributed by atoms with Gasteiger partial charge in [0.25, 0.3) is 0 Å². The molecule has 0 saturated heterocycles. The maximum Gasteiger partial charge on any atom is 0.110 e. The highest BCUT2D eigenvalue weighted by Gasteiger charge is 2.27. The normalized spacial score (nSPS) is 19.6. The molecule has 0 spiro atoms. The molecule has 0 amide bonds. The van der Waals surface area contributed by atoms with E-state index < -0.39 is 0 Å². The van der Waals surface area contributed by atoms with Gasteiger partial charge in [-0.2, -0.15) is 0 Å². The van der Waals surface area contributed by atoms with E-state index in [4.69, 9.17) is 0 Å². The Kier molecular flexibility index (Phi) is 3.76. The first-order valence-electron chi connectivity index (χ1n) is 5.96. The Bertz CT molecular complexity index is 302. The Morgan fingerprint density at radius 2 is 2.27 bits per heavy atom. The van der Waals surface area contributed by atoms with Crippen molar-refractivity contribution in [3.63, 3.8) is 0 Å². The second-order valence-electron chi connectivity index (χ2n) is 4.41. The topological polar surface area (TPSA) is 24.9 Å². The first-order chi connectivity index (χ1) is 7.31. The van der Waals surface area contributed by atoms with Crippen LogP contribution in [0.5, 0.6) is 0 Å². The Morgan fingerprint density at radius 3 is 2.80 bits per heavy atom. The van der Waals surface area contributed by atoms with Crippen molar-refractivity contribution in [3.05, 3.63) is 16.1 Å². The summed E-state index contributed by atoms with van der Waals surface area (Å²) in [6, 6.07) is 0.510. The molecule has 3 heteroatoms. The van der Waals surface area contributed by atoms with Crippen molar-refractivity contribution >= 4 is 11.3 Å². The van der Waals surface area contributed by atoms with Gasteiger partial charge in [0, 0.05) is 11.1 Å². The molecule has 0 radical (unpaired) electrons. The van der Waals surface area contributed by atoms with Crippen LogP contribution in [0.15, 0.2) is 5.38 Å². The summed E-state index contributed by atoms with van der Waals surface area (Å²) in [5.74, 6) is 0.815. The molecule has 2 rings (SSSR count). The van der Waals surface area contributed by atoms with Crippen molar-refractivity contribution in [2.24, 2.45) is 5.92 Å². The van der Waals surface area contributed by atoms with Gasteiger partial charge in [0.2, 0.25) is 0 Å². The zero-order valence-electron chi connectivity index (χ0n) is 9.62. The van der Waals surface area contributed by atoms with Crippen molar-refractivity contribution in [2.45, 2.75) is 45.6 Å². The van der Waals surface area contributed by atoms with Crippen molar-refractivity contribution < 1.29 is 0 Å². The van der Waals surface area contributed by atoms with E-state index in [0.29, 0.717) is 6.04 Å². The van der Waals surface area contributed by atoms with Crippen LogP contribution in [-0.4, -0.2) is 11.5 Å². The molecule has 0 aliphatic heterocycles. The van der Waals surface area contributed by atoms with Gasteiger partial charge < -0.3 is 5.32 Å². The number of hydrogen-bond donors (Lipinski definition) is 1. The van der Waals surface area contributed by atoms with E-state index in [1.54, 1.807) is 0 Å². The van der Waals surface area contributed by atoms with Gasteiger partial charge in [-0.3, -0.25) is 0 Å². The van der Waals surface area contributed by atoms with Crippen LogP contribution in [-0.2, 0) is 0 Å². The number of aromatic nitrogens is 1. The molecule has 1 atom stereocenters. The van der Waals surface area contributed by atoms with Gasteiger partial charge in [0.1, 0.15) is 5.01 Å². The molecule has 1 heterocycles. The molecule has 2 nitrogen and oxygen atoms in total.